The molecule has 2 aromatic carbocycles. The molecular formula is C24H24N2O5. The minimum atomic E-state index is -0.496. The highest BCUT2D eigenvalue weighted by Gasteiger charge is 2.31. The quantitative estimate of drug-likeness (QED) is 0.575. The number of carbonyl (C=O) groups excluding carboxylic acids is 2. The van der Waals surface area contributed by atoms with Crippen LogP contribution in [0, 0.1) is 6.92 Å². The van der Waals surface area contributed by atoms with Crippen LogP contribution in [0.1, 0.15) is 28.4 Å². The number of nitrogens with zero attached hydrogens (tertiary/aromatic N) is 2. The highest BCUT2D eigenvalue weighted by Crippen LogP contribution is 2.40. The fraction of sp³-hybridized carbons (Fsp3) is 0.250. The number of fused-ring (bicyclic) bond motifs is 2. The van der Waals surface area contributed by atoms with Gasteiger partial charge in [0.2, 0.25) is 5.78 Å². The molecule has 3 aromatic rings. The number of allylic oxidation sites excluding steroid dienone is 1. The Bertz CT molecular complexity index is 1240. The van der Waals surface area contributed by atoms with Crippen LogP contribution in [0.15, 0.2) is 42.3 Å². The molecule has 7 heteroatoms. The molecule has 0 unspecified atom stereocenters. The van der Waals surface area contributed by atoms with Crippen LogP contribution >= 0.6 is 0 Å². The Labute approximate surface area is 180 Å². The van der Waals surface area contributed by atoms with Crippen molar-refractivity contribution in [1.82, 2.24) is 9.47 Å². The fourth-order valence-electron chi connectivity index (χ4n) is 3.61. The van der Waals surface area contributed by atoms with E-state index in [0.29, 0.717) is 22.6 Å². The molecule has 1 amide bonds. The second-order valence-corrected chi connectivity index (χ2v) is 7.52. The van der Waals surface area contributed by atoms with Crippen molar-refractivity contribution in [3.63, 3.8) is 0 Å². The van der Waals surface area contributed by atoms with Gasteiger partial charge < -0.3 is 23.7 Å². The van der Waals surface area contributed by atoms with Gasteiger partial charge in [-0.3, -0.25) is 4.79 Å². The summed E-state index contributed by atoms with van der Waals surface area (Å²) in [5, 5.41) is 0.971. The summed E-state index contributed by atoms with van der Waals surface area (Å²) in [7, 11) is 4.83. The lowest BCUT2D eigenvalue weighted by molar-refractivity contribution is 0.101. The summed E-state index contributed by atoms with van der Waals surface area (Å²) in [5.74, 6) is 1.54. The molecule has 160 valence electrons. The monoisotopic (exact) mass is 420 g/mol. The topological polar surface area (TPSA) is 70.0 Å². The van der Waals surface area contributed by atoms with Crippen molar-refractivity contribution in [3.8, 4) is 17.2 Å². The average molecular weight is 420 g/mol. The molecule has 1 aliphatic heterocycles. The Balaban J connectivity index is 1.74. The van der Waals surface area contributed by atoms with Crippen LogP contribution in [0.3, 0.4) is 0 Å². The molecular weight excluding hydrogens is 396 g/mol. The van der Waals surface area contributed by atoms with Crippen LogP contribution in [-0.2, 0) is 6.54 Å². The maximum Gasteiger partial charge on any atom is 0.414 e. The van der Waals surface area contributed by atoms with Crippen LogP contribution in [0.25, 0.3) is 17.0 Å². The van der Waals surface area contributed by atoms with Crippen molar-refractivity contribution in [2.45, 2.75) is 20.4 Å². The normalized spacial score (nSPS) is 14.0. The van der Waals surface area contributed by atoms with Gasteiger partial charge in [0.15, 0.2) is 5.76 Å². The minimum absolute atomic E-state index is 0.205. The molecule has 0 aliphatic carbocycles. The third kappa shape index (κ3) is 3.52. The molecule has 0 spiro atoms. The van der Waals surface area contributed by atoms with Gasteiger partial charge in [-0.2, -0.15) is 0 Å². The van der Waals surface area contributed by atoms with E-state index in [4.69, 9.17) is 14.2 Å². The van der Waals surface area contributed by atoms with E-state index in [0.717, 1.165) is 28.8 Å². The lowest BCUT2D eigenvalue weighted by Crippen LogP contribution is -2.25. The number of benzene rings is 2. The second-order valence-electron chi connectivity index (χ2n) is 7.52. The second kappa shape index (κ2) is 7.83. The maximum atomic E-state index is 13.0. The van der Waals surface area contributed by atoms with Gasteiger partial charge in [0.25, 0.3) is 0 Å². The summed E-state index contributed by atoms with van der Waals surface area (Å²) in [4.78, 5) is 26.2. The van der Waals surface area contributed by atoms with Crippen molar-refractivity contribution in [1.29, 1.82) is 0 Å². The van der Waals surface area contributed by atoms with Gasteiger partial charge in [0.05, 0.1) is 12.7 Å². The van der Waals surface area contributed by atoms with Crippen molar-refractivity contribution >= 4 is 28.9 Å². The number of ether oxygens (including phenoxy) is 3. The first-order valence-corrected chi connectivity index (χ1v) is 9.98. The molecule has 0 radical (unpaired) electrons. The van der Waals surface area contributed by atoms with Crippen molar-refractivity contribution in [2.24, 2.45) is 0 Å². The number of amides is 1. The highest BCUT2D eigenvalue weighted by molar-refractivity contribution is 6.15. The zero-order valence-corrected chi connectivity index (χ0v) is 18.2. The first kappa shape index (κ1) is 20.5. The van der Waals surface area contributed by atoms with E-state index in [9.17, 15) is 9.59 Å². The predicted octanol–water partition coefficient (Wildman–Crippen LogP) is 4.65. The molecule has 0 saturated carbocycles. The number of carbonyl (C=O) groups is 2. The van der Waals surface area contributed by atoms with Crippen LogP contribution in [-0.4, -0.2) is 42.5 Å². The lowest BCUT2D eigenvalue weighted by Gasteiger charge is -2.13. The third-order valence-corrected chi connectivity index (χ3v) is 5.35. The van der Waals surface area contributed by atoms with Crippen LogP contribution in [0.5, 0.6) is 17.2 Å². The summed E-state index contributed by atoms with van der Waals surface area (Å²) in [5.41, 5.74) is 2.96. The number of hydrogen-bond donors (Lipinski definition) is 0. The van der Waals surface area contributed by atoms with Gasteiger partial charge in [0, 0.05) is 48.9 Å². The van der Waals surface area contributed by atoms with Gasteiger partial charge in [-0.15, -0.1) is 0 Å². The first-order chi connectivity index (χ1) is 14.8. The van der Waals surface area contributed by atoms with E-state index in [1.807, 2.05) is 24.4 Å². The number of ketones is 1. The van der Waals surface area contributed by atoms with Crippen LogP contribution in [0.2, 0.25) is 0 Å². The van der Waals surface area contributed by atoms with E-state index in [1.54, 1.807) is 46.3 Å². The zero-order valence-electron chi connectivity index (χ0n) is 18.2. The number of methoxy groups -OCH3 is 1. The van der Waals surface area contributed by atoms with Crippen molar-refractivity contribution < 1.29 is 23.8 Å². The molecule has 0 fully saturated rings. The number of hydrogen-bond acceptors (Lipinski definition) is 5. The van der Waals surface area contributed by atoms with E-state index in [2.05, 4.69) is 11.5 Å². The Morgan fingerprint density at radius 2 is 2.00 bits per heavy atom. The molecule has 0 saturated heterocycles. The molecule has 31 heavy (non-hydrogen) atoms. The van der Waals surface area contributed by atoms with E-state index in [-0.39, 0.29) is 11.5 Å². The SMILES string of the molecule is CCn1cc(C=C2Oc3c(ccc(OC(=O)N(C)C)c3C)C2=O)c2cc(OC)ccc21. The van der Waals surface area contributed by atoms with Gasteiger partial charge in [-0.1, -0.05) is 0 Å². The number of rotatable bonds is 4. The summed E-state index contributed by atoms with van der Waals surface area (Å²) in [6.07, 6.45) is 3.25. The highest BCUT2D eigenvalue weighted by atomic mass is 16.6. The maximum absolute atomic E-state index is 13.0. The molecule has 7 nitrogen and oxygen atoms in total. The summed E-state index contributed by atoms with van der Waals surface area (Å²) >= 11 is 0. The number of aryl methyl sites for hydroxylation is 1. The minimum Gasteiger partial charge on any atom is -0.497 e. The molecule has 1 aliphatic rings. The van der Waals surface area contributed by atoms with Crippen molar-refractivity contribution in [3.05, 3.63) is 59.0 Å². The molecule has 1 aromatic heterocycles. The predicted molar refractivity (Wildman–Crippen MR) is 118 cm³/mol. The molecule has 0 bridgehead atoms. The van der Waals surface area contributed by atoms with Gasteiger partial charge in [-0.05, 0) is 50.3 Å². The van der Waals surface area contributed by atoms with Crippen LogP contribution < -0.4 is 14.2 Å². The van der Waals surface area contributed by atoms with E-state index >= 15 is 0 Å². The van der Waals surface area contributed by atoms with E-state index in [1.165, 1.54) is 4.90 Å². The Morgan fingerprint density at radius 1 is 1.23 bits per heavy atom. The fourth-order valence-corrected chi connectivity index (χ4v) is 3.61. The summed E-state index contributed by atoms with van der Waals surface area (Å²) < 4.78 is 18.8. The molecule has 0 N–H and O–H groups in total. The standard InChI is InChI=1S/C24H24N2O5/c1-6-26-13-15(18-12-16(29-5)7-9-19(18)26)11-21-22(27)17-8-10-20(14(2)23(17)30-21)31-24(28)25(3)4/h7-13H,6H2,1-5H3. The average Bonchev–Trinajstić information content (AvgIpc) is 3.27. The smallest absolute Gasteiger partial charge is 0.414 e. The number of Topliss-reactive ketones (excluding diaryl/α,β-unsaturated/α-hetero) is 1. The van der Waals surface area contributed by atoms with Gasteiger partial charge in [0.1, 0.15) is 17.2 Å². The number of aromatic nitrogens is 1. The first-order valence-electron chi connectivity index (χ1n) is 9.98. The van der Waals surface area contributed by atoms with E-state index < -0.39 is 6.09 Å². The molecule has 2 heterocycles. The lowest BCUT2D eigenvalue weighted by atomic mass is 10.1. The molecule has 4 rings (SSSR count). The Kier molecular flexibility index (Phi) is 5.19. The third-order valence-electron chi connectivity index (χ3n) is 5.35. The zero-order chi connectivity index (χ0) is 22.3. The Morgan fingerprint density at radius 3 is 2.68 bits per heavy atom. The van der Waals surface area contributed by atoms with Crippen molar-refractivity contribution in [2.75, 3.05) is 21.2 Å². The Hall–Kier alpha value is -3.74. The summed E-state index contributed by atoms with van der Waals surface area (Å²) in [6, 6.07) is 9.11. The van der Waals surface area contributed by atoms with Gasteiger partial charge in [-0.25, -0.2) is 4.79 Å². The largest absolute Gasteiger partial charge is 0.497 e. The van der Waals surface area contributed by atoms with Crippen LogP contribution in [0.4, 0.5) is 4.79 Å². The van der Waals surface area contributed by atoms with Gasteiger partial charge >= 0.3 is 6.09 Å². The summed E-state index contributed by atoms with van der Waals surface area (Å²) in [6.45, 7) is 4.62. The molecule has 0 atom stereocenters.